The fourth-order valence-corrected chi connectivity index (χ4v) is 2.72. The Labute approximate surface area is 130 Å². The number of nitrogens with one attached hydrogen (secondary N) is 2. The van der Waals surface area contributed by atoms with E-state index >= 15 is 0 Å². The molecule has 0 aliphatic heterocycles. The van der Waals surface area contributed by atoms with E-state index in [1.807, 2.05) is 26.0 Å². The van der Waals surface area contributed by atoms with Crippen LogP contribution >= 0.6 is 27.5 Å². The van der Waals surface area contributed by atoms with Crippen LogP contribution in [0.2, 0.25) is 5.02 Å². The predicted octanol–water partition coefficient (Wildman–Crippen LogP) is 3.98. The van der Waals surface area contributed by atoms with Crippen LogP contribution in [-0.2, 0) is 0 Å². The first-order valence-corrected chi connectivity index (χ1v) is 7.35. The lowest BCUT2D eigenvalue weighted by Crippen LogP contribution is -2.23. The number of H-pyrrole nitrogens is 1. The molecule has 2 aromatic rings. The number of aromatic amines is 1. The van der Waals surface area contributed by atoms with E-state index in [2.05, 4.69) is 31.2 Å². The maximum Gasteiger partial charge on any atom is 0.256 e. The monoisotopic (exact) mass is 355 g/mol. The quantitative estimate of drug-likeness (QED) is 0.874. The van der Waals surface area contributed by atoms with E-state index in [-0.39, 0.29) is 11.6 Å². The molecule has 1 atom stereocenters. The van der Waals surface area contributed by atoms with Crippen molar-refractivity contribution in [2.24, 2.45) is 0 Å². The smallest absolute Gasteiger partial charge is 0.256 e. The fourth-order valence-electron chi connectivity index (χ4n) is 2.17. The average Bonchev–Trinajstić information content (AvgIpc) is 2.33. The standard InChI is InChI=1S/C14H15BrClN3O/c1-7-12(14(20)19-9(3)17-7)8(2)18-11-6-4-5-10(16)13(11)15/h4-6,8,18H,1-3H3,(H,17,19,20). The zero-order chi connectivity index (χ0) is 14.9. The molecule has 20 heavy (non-hydrogen) atoms. The zero-order valence-electron chi connectivity index (χ0n) is 11.4. The molecule has 0 bridgehead atoms. The molecular formula is C14H15BrClN3O. The van der Waals surface area contributed by atoms with Crippen molar-refractivity contribution in [3.8, 4) is 0 Å². The molecule has 6 heteroatoms. The largest absolute Gasteiger partial charge is 0.377 e. The summed E-state index contributed by atoms with van der Waals surface area (Å²) in [6.45, 7) is 5.52. The van der Waals surface area contributed by atoms with Gasteiger partial charge in [-0.25, -0.2) is 4.98 Å². The van der Waals surface area contributed by atoms with Crippen molar-refractivity contribution >= 4 is 33.2 Å². The second-order valence-electron chi connectivity index (χ2n) is 4.62. The summed E-state index contributed by atoms with van der Waals surface area (Å²) in [6, 6.07) is 5.37. The van der Waals surface area contributed by atoms with Crippen molar-refractivity contribution in [2.45, 2.75) is 26.8 Å². The van der Waals surface area contributed by atoms with Crippen LogP contribution in [0, 0.1) is 13.8 Å². The Hall–Kier alpha value is -1.33. The molecule has 1 unspecified atom stereocenters. The molecule has 0 spiro atoms. The van der Waals surface area contributed by atoms with Crippen molar-refractivity contribution in [1.82, 2.24) is 9.97 Å². The van der Waals surface area contributed by atoms with E-state index < -0.39 is 0 Å². The van der Waals surface area contributed by atoms with Gasteiger partial charge >= 0.3 is 0 Å². The molecule has 0 radical (unpaired) electrons. The minimum atomic E-state index is -0.179. The van der Waals surface area contributed by atoms with Gasteiger partial charge < -0.3 is 10.3 Å². The predicted molar refractivity (Wildman–Crippen MR) is 85.5 cm³/mol. The molecular weight excluding hydrogens is 342 g/mol. The molecule has 0 amide bonds. The van der Waals surface area contributed by atoms with Crippen molar-refractivity contribution in [3.05, 3.63) is 55.1 Å². The molecule has 2 rings (SSSR count). The van der Waals surface area contributed by atoms with E-state index in [9.17, 15) is 4.79 Å². The van der Waals surface area contributed by atoms with E-state index in [4.69, 9.17) is 11.6 Å². The van der Waals surface area contributed by atoms with Crippen molar-refractivity contribution in [3.63, 3.8) is 0 Å². The second kappa shape index (κ2) is 5.97. The zero-order valence-corrected chi connectivity index (χ0v) is 13.8. The highest BCUT2D eigenvalue weighted by atomic mass is 79.9. The second-order valence-corrected chi connectivity index (χ2v) is 5.82. The Morgan fingerprint density at radius 1 is 1.40 bits per heavy atom. The van der Waals surface area contributed by atoms with Crippen LogP contribution in [0.4, 0.5) is 5.69 Å². The minimum absolute atomic E-state index is 0.117. The maximum atomic E-state index is 12.1. The molecule has 0 aliphatic rings. The third kappa shape index (κ3) is 3.04. The van der Waals surface area contributed by atoms with E-state index in [0.717, 1.165) is 15.9 Å². The summed E-state index contributed by atoms with van der Waals surface area (Å²) in [5.74, 6) is 0.618. The molecule has 106 valence electrons. The van der Waals surface area contributed by atoms with E-state index in [1.165, 1.54) is 0 Å². The summed E-state index contributed by atoms with van der Waals surface area (Å²) in [6.07, 6.45) is 0. The normalized spacial score (nSPS) is 12.2. The molecule has 1 heterocycles. The number of aryl methyl sites for hydroxylation is 2. The average molecular weight is 357 g/mol. The summed E-state index contributed by atoms with van der Waals surface area (Å²) in [5, 5.41) is 3.90. The number of halogens is 2. The number of nitrogens with zero attached hydrogens (tertiary/aromatic N) is 1. The number of aromatic nitrogens is 2. The topological polar surface area (TPSA) is 57.8 Å². The van der Waals surface area contributed by atoms with Gasteiger partial charge in [0.2, 0.25) is 0 Å². The van der Waals surface area contributed by atoms with Crippen LogP contribution in [0.25, 0.3) is 0 Å². The molecule has 0 saturated heterocycles. The number of hydrogen-bond acceptors (Lipinski definition) is 3. The summed E-state index contributed by atoms with van der Waals surface area (Å²) >= 11 is 9.49. The summed E-state index contributed by atoms with van der Waals surface area (Å²) in [4.78, 5) is 19.1. The maximum absolute atomic E-state index is 12.1. The van der Waals surface area contributed by atoms with Gasteiger partial charge in [-0.3, -0.25) is 4.79 Å². The van der Waals surface area contributed by atoms with Gasteiger partial charge in [-0.15, -0.1) is 0 Å². The summed E-state index contributed by atoms with van der Waals surface area (Å²) in [7, 11) is 0. The number of benzene rings is 1. The molecule has 1 aromatic carbocycles. The highest BCUT2D eigenvalue weighted by Crippen LogP contribution is 2.32. The lowest BCUT2D eigenvalue weighted by Gasteiger charge is -2.18. The fraction of sp³-hybridized carbons (Fsp3) is 0.286. The Bertz CT molecular complexity index is 699. The summed E-state index contributed by atoms with van der Waals surface area (Å²) in [5.41, 5.74) is 2.07. The van der Waals surface area contributed by atoms with E-state index in [1.54, 1.807) is 13.0 Å². The third-order valence-corrected chi connectivity index (χ3v) is 4.42. The molecule has 0 saturated carbocycles. The van der Waals surface area contributed by atoms with E-state index in [0.29, 0.717) is 16.4 Å². The lowest BCUT2D eigenvalue weighted by molar-refractivity contribution is 0.813. The highest BCUT2D eigenvalue weighted by Gasteiger charge is 2.16. The van der Waals surface area contributed by atoms with Crippen molar-refractivity contribution in [1.29, 1.82) is 0 Å². The van der Waals surface area contributed by atoms with Crippen LogP contribution in [0.3, 0.4) is 0 Å². The molecule has 0 fully saturated rings. The van der Waals surface area contributed by atoms with Crippen LogP contribution in [0.15, 0.2) is 27.5 Å². The van der Waals surface area contributed by atoms with Crippen molar-refractivity contribution < 1.29 is 0 Å². The van der Waals surface area contributed by atoms with Crippen LogP contribution < -0.4 is 10.9 Å². The Morgan fingerprint density at radius 3 is 2.75 bits per heavy atom. The SMILES string of the molecule is Cc1nc(C)c(C(C)Nc2cccc(Cl)c2Br)c(=O)[nH]1. The van der Waals surface area contributed by atoms with Gasteiger partial charge in [0.05, 0.1) is 32.5 Å². The summed E-state index contributed by atoms with van der Waals surface area (Å²) < 4.78 is 0.780. The van der Waals surface area contributed by atoms with Crippen molar-refractivity contribution in [2.75, 3.05) is 5.32 Å². The number of anilines is 1. The van der Waals surface area contributed by atoms with Gasteiger partial charge in [0.15, 0.2) is 0 Å². The van der Waals surface area contributed by atoms with Gasteiger partial charge in [-0.05, 0) is 48.8 Å². The van der Waals surface area contributed by atoms with Crippen LogP contribution in [0.5, 0.6) is 0 Å². The van der Waals surface area contributed by atoms with Gasteiger partial charge in [0.25, 0.3) is 5.56 Å². The van der Waals surface area contributed by atoms with Crippen LogP contribution in [0.1, 0.15) is 30.0 Å². The minimum Gasteiger partial charge on any atom is -0.377 e. The van der Waals surface area contributed by atoms with Crippen LogP contribution in [-0.4, -0.2) is 9.97 Å². The van der Waals surface area contributed by atoms with Gasteiger partial charge in [0, 0.05) is 0 Å². The first kappa shape index (κ1) is 15.1. The Kier molecular flexibility index (Phi) is 4.50. The molecule has 2 N–H and O–H groups in total. The third-order valence-electron chi connectivity index (χ3n) is 3.02. The number of rotatable bonds is 3. The molecule has 1 aromatic heterocycles. The molecule has 4 nitrogen and oxygen atoms in total. The Morgan fingerprint density at radius 2 is 2.10 bits per heavy atom. The van der Waals surface area contributed by atoms with Gasteiger partial charge in [-0.1, -0.05) is 17.7 Å². The highest BCUT2D eigenvalue weighted by molar-refractivity contribution is 9.10. The molecule has 0 aliphatic carbocycles. The first-order chi connectivity index (χ1) is 9.40. The lowest BCUT2D eigenvalue weighted by atomic mass is 10.1. The first-order valence-electron chi connectivity index (χ1n) is 6.18. The van der Waals surface area contributed by atoms with Gasteiger partial charge in [0.1, 0.15) is 5.82 Å². The van der Waals surface area contributed by atoms with Gasteiger partial charge in [-0.2, -0.15) is 0 Å². The number of hydrogen-bond donors (Lipinski definition) is 2. The Balaban J connectivity index is 2.36.